The third-order valence-electron chi connectivity index (χ3n) is 3.42. The molecule has 0 aromatic heterocycles. The molecule has 0 saturated carbocycles. The van der Waals surface area contributed by atoms with Crippen molar-refractivity contribution in [2.45, 2.75) is 16.7 Å². The highest BCUT2D eigenvalue weighted by Gasteiger charge is 2.08. The van der Waals surface area contributed by atoms with Crippen molar-refractivity contribution in [2.75, 3.05) is 0 Å². The topological polar surface area (TPSA) is 49.9 Å². The van der Waals surface area contributed by atoms with Crippen molar-refractivity contribution in [3.05, 3.63) is 71.8 Å². The molecule has 0 unspecified atom stereocenters. The Morgan fingerprint density at radius 1 is 0.905 bits per heavy atom. The van der Waals surface area contributed by atoms with E-state index in [9.17, 15) is 0 Å². The van der Waals surface area contributed by atoms with Crippen LogP contribution in [0.25, 0.3) is 10.8 Å². The largest absolute Gasteiger partial charge is 0.384 e. The number of nitrogens with two attached hydrogens (primary N) is 1. The lowest BCUT2D eigenvalue weighted by Crippen LogP contribution is -2.11. The van der Waals surface area contributed by atoms with Crippen LogP contribution in [0.2, 0.25) is 0 Å². The molecule has 0 bridgehead atoms. The molecule has 3 heteroatoms. The van der Waals surface area contributed by atoms with E-state index in [4.69, 9.17) is 11.1 Å². The van der Waals surface area contributed by atoms with Crippen LogP contribution in [0.4, 0.5) is 0 Å². The van der Waals surface area contributed by atoms with Crippen LogP contribution in [0, 0.1) is 12.3 Å². The van der Waals surface area contributed by atoms with Gasteiger partial charge in [0.2, 0.25) is 0 Å². The molecule has 0 spiro atoms. The minimum Gasteiger partial charge on any atom is -0.384 e. The van der Waals surface area contributed by atoms with E-state index in [1.807, 2.05) is 30.3 Å². The molecule has 0 aliphatic carbocycles. The zero-order chi connectivity index (χ0) is 14.8. The number of rotatable bonds is 3. The molecule has 0 fully saturated rings. The van der Waals surface area contributed by atoms with E-state index in [0.717, 1.165) is 16.3 Å². The van der Waals surface area contributed by atoms with Crippen LogP contribution >= 0.6 is 11.8 Å². The van der Waals surface area contributed by atoms with Gasteiger partial charge < -0.3 is 5.73 Å². The summed E-state index contributed by atoms with van der Waals surface area (Å²) in [6, 6.07) is 20.6. The Bertz CT molecular complexity index is 807. The summed E-state index contributed by atoms with van der Waals surface area (Å²) in [5.74, 6) is 0.109. The van der Waals surface area contributed by atoms with Crippen LogP contribution in [-0.2, 0) is 0 Å². The van der Waals surface area contributed by atoms with Crippen LogP contribution in [-0.4, -0.2) is 5.84 Å². The van der Waals surface area contributed by atoms with Gasteiger partial charge in [-0.1, -0.05) is 53.7 Å². The van der Waals surface area contributed by atoms with Crippen molar-refractivity contribution in [3.63, 3.8) is 0 Å². The average Bonchev–Trinajstić information content (AvgIpc) is 2.49. The van der Waals surface area contributed by atoms with Gasteiger partial charge in [-0.3, -0.25) is 5.41 Å². The smallest absolute Gasteiger partial charge is 0.123 e. The van der Waals surface area contributed by atoms with Gasteiger partial charge in [-0.05, 0) is 42.0 Å². The molecule has 0 saturated heterocycles. The molecule has 0 aliphatic heterocycles. The van der Waals surface area contributed by atoms with Crippen LogP contribution in [0.5, 0.6) is 0 Å². The molecule has 21 heavy (non-hydrogen) atoms. The van der Waals surface area contributed by atoms with E-state index < -0.39 is 0 Å². The van der Waals surface area contributed by atoms with Gasteiger partial charge in [0.25, 0.3) is 0 Å². The fraction of sp³-hybridized carbons (Fsp3) is 0.0556. The van der Waals surface area contributed by atoms with E-state index in [0.29, 0.717) is 0 Å². The summed E-state index contributed by atoms with van der Waals surface area (Å²) in [6.45, 7) is 2.09. The molecule has 0 amide bonds. The minimum atomic E-state index is 0.109. The predicted molar refractivity (Wildman–Crippen MR) is 90.3 cm³/mol. The molecule has 3 aromatic carbocycles. The van der Waals surface area contributed by atoms with E-state index in [1.165, 1.54) is 15.4 Å². The zero-order valence-corrected chi connectivity index (χ0v) is 12.6. The van der Waals surface area contributed by atoms with Crippen LogP contribution in [0.1, 0.15) is 11.1 Å². The van der Waals surface area contributed by atoms with E-state index in [-0.39, 0.29) is 5.84 Å². The molecule has 0 heterocycles. The number of nitrogen functional groups attached to an aromatic ring is 1. The number of hydrogen-bond acceptors (Lipinski definition) is 2. The van der Waals surface area contributed by atoms with Crippen molar-refractivity contribution < 1.29 is 0 Å². The normalized spacial score (nSPS) is 10.7. The van der Waals surface area contributed by atoms with Crippen LogP contribution < -0.4 is 5.73 Å². The van der Waals surface area contributed by atoms with Gasteiger partial charge in [0, 0.05) is 15.4 Å². The summed E-state index contributed by atoms with van der Waals surface area (Å²) >= 11 is 1.73. The molecular formula is C18H16N2S. The summed E-state index contributed by atoms with van der Waals surface area (Å²) < 4.78 is 0. The Morgan fingerprint density at radius 2 is 1.57 bits per heavy atom. The maximum atomic E-state index is 7.70. The quantitative estimate of drug-likeness (QED) is 0.548. The number of amidine groups is 1. The summed E-state index contributed by atoms with van der Waals surface area (Å²) in [4.78, 5) is 2.39. The second kappa shape index (κ2) is 5.62. The third-order valence-corrected chi connectivity index (χ3v) is 4.51. The van der Waals surface area contributed by atoms with Crippen molar-refractivity contribution in [1.29, 1.82) is 5.41 Å². The van der Waals surface area contributed by atoms with E-state index in [2.05, 4.69) is 37.3 Å². The summed E-state index contributed by atoms with van der Waals surface area (Å²) in [5.41, 5.74) is 7.73. The SMILES string of the molecule is Cc1ccc(Sc2ccc(C(=N)N)c3ccccc23)cc1. The number of hydrogen-bond donors (Lipinski definition) is 2. The van der Waals surface area contributed by atoms with E-state index in [1.54, 1.807) is 11.8 Å². The molecule has 0 radical (unpaired) electrons. The second-order valence-corrected chi connectivity index (χ2v) is 6.10. The molecule has 2 nitrogen and oxygen atoms in total. The first kappa shape index (κ1) is 13.7. The standard InChI is InChI=1S/C18H16N2S/c1-12-6-8-13(9-7-12)21-17-11-10-16(18(19)20)14-4-2-3-5-15(14)17/h2-11H,1H3,(H3,19,20). The third kappa shape index (κ3) is 2.78. The van der Waals surface area contributed by atoms with Gasteiger partial charge in [0.05, 0.1) is 0 Å². The van der Waals surface area contributed by atoms with Gasteiger partial charge in [0.1, 0.15) is 5.84 Å². The Hall–Kier alpha value is -2.26. The number of aryl methyl sites for hydroxylation is 1. The molecule has 3 rings (SSSR count). The Morgan fingerprint density at radius 3 is 2.24 bits per heavy atom. The van der Waals surface area contributed by atoms with Crippen molar-refractivity contribution >= 4 is 28.4 Å². The van der Waals surface area contributed by atoms with Gasteiger partial charge in [-0.25, -0.2) is 0 Å². The molecule has 0 aliphatic rings. The highest BCUT2D eigenvalue weighted by atomic mass is 32.2. The lowest BCUT2D eigenvalue weighted by atomic mass is 10.0. The summed E-state index contributed by atoms with van der Waals surface area (Å²) in [7, 11) is 0. The summed E-state index contributed by atoms with van der Waals surface area (Å²) in [6.07, 6.45) is 0. The van der Waals surface area contributed by atoms with Crippen molar-refractivity contribution in [1.82, 2.24) is 0 Å². The maximum Gasteiger partial charge on any atom is 0.123 e. The van der Waals surface area contributed by atoms with Crippen LogP contribution in [0.3, 0.4) is 0 Å². The molecule has 104 valence electrons. The Labute approximate surface area is 128 Å². The first-order valence-corrected chi connectivity index (χ1v) is 7.57. The van der Waals surface area contributed by atoms with Gasteiger partial charge in [-0.2, -0.15) is 0 Å². The predicted octanol–water partition coefficient (Wildman–Crippen LogP) is 4.58. The minimum absolute atomic E-state index is 0.109. The van der Waals surface area contributed by atoms with Gasteiger partial charge >= 0.3 is 0 Å². The first-order valence-electron chi connectivity index (χ1n) is 6.76. The summed E-state index contributed by atoms with van der Waals surface area (Å²) in [5, 5.41) is 9.87. The zero-order valence-electron chi connectivity index (χ0n) is 11.8. The number of nitrogens with one attached hydrogen (secondary N) is 1. The molecule has 3 N–H and O–H groups in total. The molecule has 0 atom stereocenters. The molecular weight excluding hydrogens is 276 g/mol. The fourth-order valence-corrected chi connectivity index (χ4v) is 3.28. The average molecular weight is 292 g/mol. The van der Waals surface area contributed by atoms with Gasteiger partial charge in [-0.15, -0.1) is 0 Å². The van der Waals surface area contributed by atoms with E-state index >= 15 is 0 Å². The highest BCUT2D eigenvalue weighted by Crippen LogP contribution is 2.34. The molecule has 3 aromatic rings. The van der Waals surface area contributed by atoms with Crippen molar-refractivity contribution in [3.8, 4) is 0 Å². The first-order chi connectivity index (χ1) is 10.1. The number of benzene rings is 3. The Kier molecular flexibility index (Phi) is 3.67. The maximum absolute atomic E-state index is 7.70. The fourth-order valence-electron chi connectivity index (χ4n) is 2.33. The van der Waals surface area contributed by atoms with Crippen molar-refractivity contribution in [2.24, 2.45) is 5.73 Å². The highest BCUT2D eigenvalue weighted by molar-refractivity contribution is 7.99. The number of fused-ring (bicyclic) bond motifs is 1. The monoisotopic (exact) mass is 292 g/mol. The van der Waals surface area contributed by atoms with Gasteiger partial charge in [0.15, 0.2) is 0 Å². The van der Waals surface area contributed by atoms with Crippen LogP contribution in [0.15, 0.2) is 70.5 Å². The second-order valence-electron chi connectivity index (χ2n) is 4.99. The lowest BCUT2D eigenvalue weighted by Gasteiger charge is -2.10. The lowest BCUT2D eigenvalue weighted by molar-refractivity contribution is 1.37. The Balaban J connectivity index is 2.09.